The second-order valence-electron chi connectivity index (χ2n) is 9.17. The molecular formula is C26H32N2O2. The number of likely N-dealkylation sites (tertiary alicyclic amines) is 1. The number of piperidine rings is 1. The van der Waals surface area contributed by atoms with Crippen LogP contribution in [-0.2, 0) is 10.2 Å². The number of carbonyl (C=O) groups is 1. The summed E-state index contributed by atoms with van der Waals surface area (Å²) in [4.78, 5) is 17.3. The van der Waals surface area contributed by atoms with E-state index in [4.69, 9.17) is 0 Å². The molecule has 0 bridgehead atoms. The van der Waals surface area contributed by atoms with Gasteiger partial charge < -0.3 is 10.0 Å². The fraction of sp³-hybridized carbons (Fsp3) is 0.423. The zero-order valence-electron chi connectivity index (χ0n) is 18.2. The van der Waals surface area contributed by atoms with E-state index in [1.54, 1.807) is 0 Å². The van der Waals surface area contributed by atoms with Crippen molar-refractivity contribution < 1.29 is 9.90 Å². The van der Waals surface area contributed by atoms with Crippen LogP contribution in [0.5, 0.6) is 0 Å². The highest BCUT2D eigenvalue weighted by Crippen LogP contribution is 2.46. The molecule has 2 aromatic rings. The number of carbonyl (C=O) groups excluding carboxylic acids is 1. The van der Waals surface area contributed by atoms with Crippen molar-refractivity contribution in [1.82, 2.24) is 4.90 Å². The largest absolute Gasteiger partial charge is 0.388 e. The molecule has 0 amide bonds. The predicted molar refractivity (Wildman–Crippen MR) is 122 cm³/mol. The van der Waals surface area contributed by atoms with Gasteiger partial charge in [-0.3, -0.25) is 9.69 Å². The van der Waals surface area contributed by atoms with E-state index in [2.05, 4.69) is 41.8 Å². The SMILES string of the molecule is CN1/C(=C\C(=O)CN2CCC(C(O)c3ccccc3)CC2)C(C)(C)c2ccccc21. The Hall–Kier alpha value is -2.43. The van der Waals surface area contributed by atoms with Gasteiger partial charge in [-0.2, -0.15) is 0 Å². The van der Waals surface area contributed by atoms with Crippen LogP contribution in [0.3, 0.4) is 0 Å². The predicted octanol–water partition coefficient (Wildman–Crippen LogP) is 4.31. The smallest absolute Gasteiger partial charge is 0.171 e. The highest BCUT2D eigenvalue weighted by Gasteiger charge is 2.38. The summed E-state index contributed by atoms with van der Waals surface area (Å²) in [5.41, 5.74) is 4.32. The monoisotopic (exact) mass is 404 g/mol. The lowest BCUT2D eigenvalue weighted by molar-refractivity contribution is -0.116. The summed E-state index contributed by atoms with van der Waals surface area (Å²) in [6, 6.07) is 18.3. The Bertz CT molecular complexity index is 927. The van der Waals surface area contributed by atoms with E-state index in [0.717, 1.165) is 37.2 Å². The number of aliphatic hydroxyl groups excluding tert-OH is 1. The van der Waals surface area contributed by atoms with Crippen LogP contribution in [0.2, 0.25) is 0 Å². The van der Waals surface area contributed by atoms with Crippen molar-refractivity contribution in [3.8, 4) is 0 Å². The fourth-order valence-electron chi connectivity index (χ4n) is 5.03. The highest BCUT2D eigenvalue weighted by molar-refractivity contribution is 5.94. The third-order valence-corrected chi connectivity index (χ3v) is 6.84. The normalized spacial score (nSPS) is 21.6. The zero-order chi connectivity index (χ0) is 21.3. The minimum absolute atomic E-state index is 0.153. The Labute approximate surface area is 179 Å². The van der Waals surface area contributed by atoms with Crippen molar-refractivity contribution in [1.29, 1.82) is 0 Å². The number of rotatable bonds is 5. The van der Waals surface area contributed by atoms with E-state index in [-0.39, 0.29) is 17.1 Å². The molecule has 2 aliphatic heterocycles. The lowest BCUT2D eigenvalue weighted by Crippen LogP contribution is -2.38. The van der Waals surface area contributed by atoms with Crippen molar-refractivity contribution in [2.45, 2.75) is 38.2 Å². The van der Waals surface area contributed by atoms with Crippen molar-refractivity contribution in [3.05, 3.63) is 77.5 Å². The highest BCUT2D eigenvalue weighted by atomic mass is 16.3. The maximum atomic E-state index is 12.9. The average molecular weight is 405 g/mol. The molecule has 0 radical (unpaired) electrons. The molecular weight excluding hydrogens is 372 g/mol. The number of hydrogen-bond donors (Lipinski definition) is 1. The second-order valence-corrected chi connectivity index (χ2v) is 9.17. The van der Waals surface area contributed by atoms with Crippen LogP contribution in [-0.4, -0.2) is 42.5 Å². The molecule has 158 valence electrons. The molecule has 1 saturated heterocycles. The van der Waals surface area contributed by atoms with Crippen LogP contribution in [0.15, 0.2) is 66.4 Å². The quantitative estimate of drug-likeness (QED) is 0.754. The van der Waals surface area contributed by atoms with Crippen molar-refractivity contribution in [2.24, 2.45) is 5.92 Å². The number of allylic oxidation sites excluding steroid dienone is 1. The Kier molecular flexibility index (Phi) is 5.81. The number of para-hydroxylation sites is 1. The van der Waals surface area contributed by atoms with E-state index in [1.807, 2.05) is 49.5 Å². The van der Waals surface area contributed by atoms with E-state index < -0.39 is 6.10 Å². The Morgan fingerprint density at radius 2 is 1.73 bits per heavy atom. The first-order chi connectivity index (χ1) is 14.4. The zero-order valence-corrected chi connectivity index (χ0v) is 18.2. The molecule has 4 heteroatoms. The number of fused-ring (bicyclic) bond motifs is 1. The summed E-state index contributed by atoms with van der Waals surface area (Å²) in [7, 11) is 2.04. The van der Waals surface area contributed by atoms with Crippen LogP contribution < -0.4 is 4.90 Å². The van der Waals surface area contributed by atoms with Crippen molar-refractivity contribution >= 4 is 11.5 Å². The number of benzene rings is 2. The molecule has 0 aliphatic carbocycles. The Balaban J connectivity index is 1.37. The average Bonchev–Trinajstić information content (AvgIpc) is 2.95. The maximum absolute atomic E-state index is 12.9. The number of hydrogen-bond acceptors (Lipinski definition) is 4. The Morgan fingerprint density at radius 3 is 2.40 bits per heavy atom. The summed E-state index contributed by atoms with van der Waals surface area (Å²) in [6.45, 7) is 6.51. The first kappa shape index (κ1) is 20.8. The molecule has 4 rings (SSSR count). The number of aliphatic hydroxyl groups is 1. The summed E-state index contributed by atoms with van der Waals surface area (Å²) in [5, 5.41) is 10.7. The van der Waals surface area contributed by atoms with Gasteiger partial charge in [-0.1, -0.05) is 62.4 Å². The van der Waals surface area contributed by atoms with Crippen molar-refractivity contribution in [3.63, 3.8) is 0 Å². The fourth-order valence-corrected chi connectivity index (χ4v) is 5.03. The van der Waals surface area contributed by atoms with Crippen LogP contribution in [0.4, 0.5) is 5.69 Å². The lowest BCUT2D eigenvalue weighted by Gasteiger charge is -2.34. The van der Waals surface area contributed by atoms with Gasteiger partial charge in [0.15, 0.2) is 5.78 Å². The van der Waals surface area contributed by atoms with E-state index in [1.165, 1.54) is 11.3 Å². The minimum atomic E-state index is -0.419. The number of anilines is 1. The molecule has 2 heterocycles. The van der Waals surface area contributed by atoms with E-state index in [9.17, 15) is 9.90 Å². The van der Waals surface area contributed by atoms with E-state index in [0.29, 0.717) is 6.54 Å². The van der Waals surface area contributed by atoms with Gasteiger partial charge in [0.2, 0.25) is 0 Å². The second kappa shape index (κ2) is 8.37. The first-order valence-corrected chi connectivity index (χ1v) is 10.9. The van der Waals surface area contributed by atoms with Gasteiger partial charge in [-0.15, -0.1) is 0 Å². The molecule has 1 N–H and O–H groups in total. The van der Waals surface area contributed by atoms with Crippen molar-refractivity contribution in [2.75, 3.05) is 31.6 Å². The van der Waals surface area contributed by atoms with Gasteiger partial charge in [0.25, 0.3) is 0 Å². The Morgan fingerprint density at radius 1 is 1.10 bits per heavy atom. The molecule has 0 aromatic heterocycles. The molecule has 0 spiro atoms. The molecule has 1 atom stereocenters. The van der Waals surface area contributed by atoms with Crippen LogP contribution in [0, 0.1) is 5.92 Å². The van der Waals surface area contributed by atoms with Gasteiger partial charge in [-0.05, 0) is 49.0 Å². The van der Waals surface area contributed by atoms with Crippen LogP contribution in [0.1, 0.15) is 43.9 Å². The van der Waals surface area contributed by atoms with Crippen LogP contribution >= 0.6 is 0 Å². The van der Waals surface area contributed by atoms with Gasteiger partial charge in [0.1, 0.15) is 0 Å². The molecule has 1 unspecified atom stereocenters. The van der Waals surface area contributed by atoms with Crippen LogP contribution in [0.25, 0.3) is 0 Å². The third kappa shape index (κ3) is 3.94. The molecule has 30 heavy (non-hydrogen) atoms. The summed E-state index contributed by atoms with van der Waals surface area (Å²) in [5.74, 6) is 0.409. The van der Waals surface area contributed by atoms with Gasteiger partial charge in [0.05, 0.1) is 12.6 Å². The minimum Gasteiger partial charge on any atom is -0.388 e. The van der Waals surface area contributed by atoms with Gasteiger partial charge in [0, 0.05) is 29.9 Å². The molecule has 1 fully saturated rings. The number of likely N-dealkylation sites (N-methyl/N-ethyl adjacent to an activating group) is 1. The number of nitrogens with zero attached hydrogens (tertiary/aromatic N) is 2. The van der Waals surface area contributed by atoms with Gasteiger partial charge in [-0.25, -0.2) is 0 Å². The lowest BCUT2D eigenvalue weighted by atomic mass is 9.83. The summed E-state index contributed by atoms with van der Waals surface area (Å²) < 4.78 is 0. The first-order valence-electron chi connectivity index (χ1n) is 10.9. The molecule has 4 nitrogen and oxygen atoms in total. The van der Waals surface area contributed by atoms with E-state index >= 15 is 0 Å². The summed E-state index contributed by atoms with van der Waals surface area (Å²) in [6.07, 6.45) is 3.25. The number of ketones is 1. The topological polar surface area (TPSA) is 43.8 Å². The van der Waals surface area contributed by atoms with Gasteiger partial charge >= 0.3 is 0 Å². The standard InChI is InChI=1S/C26H32N2O2/c1-26(2)22-11-7-8-12-23(22)27(3)24(26)17-21(29)18-28-15-13-20(14-16-28)25(30)19-9-5-4-6-10-19/h4-12,17,20,25,30H,13-16,18H2,1-3H3/b24-17-. The molecule has 2 aromatic carbocycles. The molecule has 0 saturated carbocycles. The third-order valence-electron chi connectivity index (χ3n) is 6.84. The maximum Gasteiger partial charge on any atom is 0.171 e. The molecule has 2 aliphatic rings. The summed E-state index contributed by atoms with van der Waals surface area (Å²) >= 11 is 0.